The lowest BCUT2D eigenvalue weighted by molar-refractivity contribution is 0.0827. The number of benzene rings is 2. The van der Waals surface area contributed by atoms with Gasteiger partial charge in [0.2, 0.25) is 11.9 Å². The monoisotopic (exact) mass is 404 g/mol. The van der Waals surface area contributed by atoms with E-state index in [4.69, 9.17) is 16.5 Å². The fraction of sp³-hybridized carbons (Fsp3) is 0.348. The van der Waals surface area contributed by atoms with Crippen molar-refractivity contribution in [3.05, 3.63) is 54.1 Å². The highest BCUT2D eigenvalue weighted by atomic mass is 16.2. The van der Waals surface area contributed by atoms with Gasteiger partial charge in [-0.1, -0.05) is 30.7 Å². The van der Waals surface area contributed by atoms with Crippen molar-refractivity contribution in [1.82, 2.24) is 4.90 Å². The molecule has 0 saturated heterocycles. The summed E-state index contributed by atoms with van der Waals surface area (Å²) in [5.74, 6) is 0.646. The Morgan fingerprint density at radius 2 is 1.50 bits per heavy atom. The van der Waals surface area contributed by atoms with E-state index in [1.165, 1.54) is 6.42 Å². The van der Waals surface area contributed by atoms with Crippen LogP contribution in [0, 0.1) is 0 Å². The molecule has 4 rings (SSSR count). The SMILES string of the molecule is CN(C)C(=O)c1ccc(-c2ccc(N3C(N)=NC(N)=NC34CCCCC4)cc2)cc1. The van der Waals surface area contributed by atoms with Crippen LogP contribution in [-0.4, -0.2) is 42.5 Å². The minimum absolute atomic E-state index is 0.00522. The quantitative estimate of drug-likeness (QED) is 0.820. The van der Waals surface area contributed by atoms with E-state index in [9.17, 15) is 4.79 Å². The Labute approximate surface area is 177 Å². The second kappa shape index (κ2) is 7.82. The topological polar surface area (TPSA) is 100 Å². The van der Waals surface area contributed by atoms with Crippen molar-refractivity contribution in [1.29, 1.82) is 0 Å². The summed E-state index contributed by atoms with van der Waals surface area (Å²) in [4.78, 5) is 24.6. The number of hydrogen-bond acceptors (Lipinski definition) is 6. The van der Waals surface area contributed by atoms with E-state index in [0.29, 0.717) is 11.5 Å². The first-order valence-corrected chi connectivity index (χ1v) is 10.3. The second-order valence-electron chi connectivity index (χ2n) is 8.14. The lowest BCUT2D eigenvalue weighted by Gasteiger charge is -2.45. The Hall–Kier alpha value is -3.35. The van der Waals surface area contributed by atoms with Gasteiger partial charge >= 0.3 is 0 Å². The molecule has 0 aromatic heterocycles. The van der Waals surface area contributed by atoms with Crippen LogP contribution >= 0.6 is 0 Å². The van der Waals surface area contributed by atoms with E-state index in [-0.39, 0.29) is 11.9 Å². The predicted octanol–water partition coefficient (Wildman–Crippen LogP) is 3.17. The van der Waals surface area contributed by atoms with Crippen molar-refractivity contribution in [3.63, 3.8) is 0 Å². The summed E-state index contributed by atoms with van der Waals surface area (Å²) in [7, 11) is 3.50. The zero-order valence-electron chi connectivity index (χ0n) is 17.5. The molecule has 156 valence electrons. The molecule has 2 aliphatic rings. The predicted molar refractivity (Wildman–Crippen MR) is 121 cm³/mol. The number of nitrogens with two attached hydrogens (primary N) is 2. The zero-order valence-corrected chi connectivity index (χ0v) is 17.5. The maximum absolute atomic E-state index is 12.1. The van der Waals surface area contributed by atoms with Gasteiger partial charge in [0.1, 0.15) is 5.66 Å². The Kier molecular flexibility index (Phi) is 5.20. The average molecular weight is 405 g/mol. The van der Waals surface area contributed by atoms with Crippen LogP contribution in [0.15, 0.2) is 58.5 Å². The molecule has 4 N–H and O–H groups in total. The van der Waals surface area contributed by atoms with E-state index < -0.39 is 5.66 Å². The number of carbonyl (C=O) groups excluding carboxylic acids is 1. The number of carbonyl (C=O) groups is 1. The molecule has 0 atom stereocenters. The maximum atomic E-state index is 12.1. The first kappa shape index (κ1) is 19.9. The van der Waals surface area contributed by atoms with Crippen molar-refractivity contribution in [3.8, 4) is 11.1 Å². The third kappa shape index (κ3) is 3.63. The molecule has 1 heterocycles. The molecule has 7 nitrogen and oxygen atoms in total. The Morgan fingerprint density at radius 3 is 2.07 bits per heavy atom. The van der Waals surface area contributed by atoms with E-state index in [2.05, 4.69) is 17.1 Å². The molecule has 2 aromatic carbocycles. The smallest absolute Gasteiger partial charge is 0.253 e. The molecule has 0 bridgehead atoms. The fourth-order valence-electron chi connectivity index (χ4n) is 4.36. The lowest BCUT2D eigenvalue weighted by atomic mass is 9.87. The first-order chi connectivity index (χ1) is 14.4. The van der Waals surface area contributed by atoms with Crippen LogP contribution in [0.5, 0.6) is 0 Å². The molecule has 2 aromatic rings. The highest BCUT2D eigenvalue weighted by Gasteiger charge is 2.42. The van der Waals surface area contributed by atoms with E-state index in [0.717, 1.165) is 42.5 Å². The summed E-state index contributed by atoms with van der Waals surface area (Å²) in [5, 5.41) is 0. The van der Waals surface area contributed by atoms with Crippen LogP contribution in [-0.2, 0) is 0 Å². The number of amides is 1. The number of hydrogen-bond donors (Lipinski definition) is 2. The summed E-state index contributed by atoms with van der Waals surface area (Å²) >= 11 is 0. The third-order valence-electron chi connectivity index (χ3n) is 5.85. The molecule has 1 aliphatic heterocycles. The van der Waals surface area contributed by atoms with Gasteiger partial charge in [-0.05, 0) is 61.1 Å². The largest absolute Gasteiger partial charge is 0.369 e. The standard InChI is InChI=1S/C23H28N6O/c1-28(2)20(30)18-8-6-16(7-9-18)17-10-12-19(13-11-17)29-22(25)26-21(24)27-23(29)14-4-3-5-15-23/h6-13H,3-5,14-15H2,1-2H3,(H4,24,25,26,27). The zero-order chi connectivity index (χ0) is 21.3. The second-order valence-corrected chi connectivity index (χ2v) is 8.14. The van der Waals surface area contributed by atoms with Crippen LogP contribution in [0.3, 0.4) is 0 Å². The summed E-state index contributed by atoms with van der Waals surface area (Å²) in [6.07, 6.45) is 5.21. The van der Waals surface area contributed by atoms with Crippen molar-refractivity contribution >= 4 is 23.5 Å². The highest BCUT2D eigenvalue weighted by Crippen LogP contribution is 2.39. The van der Waals surface area contributed by atoms with Crippen LogP contribution in [0.1, 0.15) is 42.5 Å². The number of nitrogens with zero attached hydrogens (tertiary/aromatic N) is 4. The van der Waals surface area contributed by atoms with Crippen molar-refractivity contribution in [2.45, 2.75) is 37.8 Å². The van der Waals surface area contributed by atoms with Gasteiger partial charge in [0.15, 0.2) is 0 Å². The summed E-state index contributed by atoms with van der Waals surface area (Å²) in [6.45, 7) is 0. The first-order valence-electron chi connectivity index (χ1n) is 10.3. The minimum Gasteiger partial charge on any atom is -0.369 e. The van der Waals surface area contributed by atoms with Gasteiger partial charge in [-0.15, -0.1) is 0 Å². The molecule has 1 amide bonds. The highest BCUT2D eigenvalue weighted by molar-refractivity contribution is 6.05. The van der Waals surface area contributed by atoms with Crippen LogP contribution in [0.2, 0.25) is 0 Å². The van der Waals surface area contributed by atoms with Crippen molar-refractivity contribution in [2.24, 2.45) is 21.5 Å². The number of guanidine groups is 2. The van der Waals surface area contributed by atoms with E-state index in [1.807, 2.05) is 41.3 Å². The third-order valence-corrected chi connectivity index (χ3v) is 5.85. The van der Waals surface area contributed by atoms with Crippen LogP contribution in [0.4, 0.5) is 5.69 Å². The van der Waals surface area contributed by atoms with E-state index in [1.54, 1.807) is 19.0 Å². The molecule has 7 heteroatoms. The van der Waals surface area contributed by atoms with Gasteiger partial charge in [-0.3, -0.25) is 9.69 Å². The van der Waals surface area contributed by atoms with Crippen molar-refractivity contribution < 1.29 is 4.79 Å². The van der Waals surface area contributed by atoms with Crippen LogP contribution in [0.25, 0.3) is 11.1 Å². The van der Waals surface area contributed by atoms with Gasteiger partial charge in [-0.2, -0.15) is 4.99 Å². The lowest BCUT2D eigenvalue weighted by Crippen LogP contribution is -2.58. The van der Waals surface area contributed by atoms with Crippen LogP contribution < -0.4 is 16.4 Å². The maximum Gasteiger partial charge on any atom is 0.253 e. The number of anilines is 1. The fourth-order valence-corrected chi connectivity index (χ4v) is 4.36. The number of aliphatic imine (C=N–C) groups is 2. The Balaban J connectivity index is 1.61. The molecule has 30 heavy (non-hydrogen) atoms. The van der Waals surface area contributed by atoms with Gasteiger partial charge < -0.3 is 16.4 Å². The summed E-state index contributed by atoms with van der Waals surface area (Å²) < 4.78 is 0. The van der Waals surface area contributed by atoms with E-state index >= 15 is 0 Å². The normalized spacial score (nSPS) is 18.0. The molecule has 0 unspecified atom stereocenters. The Bertz CT molecular complexity index is 985. The van der Waals surface area contributed by atoms with Gasteiger partial charge in [0.05, 0.1) is 0 Å². The molecule has 0 radical (unpaired) electrons. The average Bonchev–Trinajstić information content (AvgIpc) is 2.74. The molecular weight excluding hydrogens is 376 g/mol. The summed E-state index contributed by atoms with van der Waals surface area (Å²) in [5.41, 5.74) is 15.6. The molecule has 1 spiro atoms. The molecule has 1 aliphatic carbocycles. The molecule has 1 saturated carbocycles. The minimum atomic E-state index is -0.441. The van der Waals surface area contributed by atoms with Gasteiger partial charge in [-0.25, -0.2) is 4.99 Å². The van der Waals surface area contributed by atoms with Gasteiger partial charge in [0.25, 0.3) is 5.91 Å². The Morgan fingerprint density at radius 1 is 0.933 bits per heavy atom. The number of rotatable bonds is 3. The summed E-state index contributed by atoms with van der Waals surface area (Å²) in [6, 6.07) is 15.9. The molecule has 1 fully saturated rings. The molecular formula is C23H28N6O. The van der Waals surface area contributed by atoms with Crippen molar-refractivity contribution in [2.75, 3.05) is 19.0 Å². The van der Waals surface area contributed by atoms with Gasteiger partial charge in [0, 0.05) is 25.3 Å².